The van der Waals surface area contributed by atoms with Gasteiger partial charge in [-0.25, -0.2) is 0 Å². The Morgan fingerprint density at radius 2 is 2.00 bits per heavy atom. The molecule has 0 aliphatic heterocycles. The van der Waals surface area contributed by atoms with Crippen molar-refractivity contribution in [3.05, 3.63) is 0 Å². The fraction of sp³-hybridized carbons (Fsp3) is 0.875. The van der Waals surface area contributed by atoms with E-state index >= 15 is 0 Å². The smallest absolute Gasteiger partial charge is 0.246 e. The molecule has 0 heterocycles. The summed E-state index contributed by atoms with van der Waals surface area (Å²) in [5.74, 6) is 0.421. The number of hydrogen-bond donors (Lipinski definition) is 1. The van der Waals surface area contributed by atoms with E-state index in [2.05, 4.69) is 23.9 Å². The first-order valence-corrected chi connectivity index (χ1v) is 3.86. The van der Waals surface area contributed by atoms with E-state index in [4.69, 9.17) is 0 Å². The predicted molar refractivity (Wildman–Crippen MR) is 44.3 cm³/mol. The molecule has 0 rings (SSSR count). The maximum absolute atomic E-state index is 10.9. The lowest BCUT2D eigenvalue weighted by Gasteiger charge is -2.16. The van der Waals surface area contributed by atoms with Crippen molar-refractivity contribution >= 4 is 5.91 Å². The summed E-state index contributed by atoms with van der Waals surface area (Å²) in [4.78, 5) is 10.9. The Bertz CT molecular complexity index is 123. The van der Waals surface area contributed by atoms with Crippen LogP contribution >= 0.6 is 0 Å². The van der Waals surface area contributed by atoms with Crippen molar-refractivity contribution in [1.29, 1.82) is 0 Å². The van der Waals surface area contributed by atoms with E-state index in [1.165, 1.54) is 7.11 Å². The molecule has 0 radical (unpaired) electrons. The van der Waals surface area contributed by atoms with Crippen LogP contribution in [0, 0.1) is 5.92 Å². The van der Waals surface area contributed by atoms with Crippen LogP contribution in [-0.2, 0) is 9.53 Å². The van der Waals surface area contributed by atoms with Crippen LogP contribution in [0.3, 0.4) is 0 Å². The lowest BCUT2D eigenvalue weighted by molar-refractivity contribution is -0.125. The highest BCUT2D eigenvalue weighted by molar-refractivity contribution is 5.77. The third kappa shape index (κ3) is 4.79. The zero-order valence-electron chi connectivity index (χ0n) is 7.68. The molecular formula is C8H17NO2. The summed E-state index contributed by atoms with van der Waals surface area (Å²) in [6.07, 6.45) is 0. The maximum atomic E-state index is 10.9. The van der Waals surface area contributed by atoms with Gasteiger partial charge < -0.3 is 10.1 Å². The van der Waals surface area contributed by atoms with Crippen molar-refractivity contribution in [1.82, 2.24) is 5.32 Å². The SMILES string of the molecule is COCC(=O)N[C@@H](C)C(C)C. The Kier molecular flexibility index (Phi) is 4.86. The summed E-state index contributed by atoms with van der Waals surface area (Å²) in [6.45, 7) is 6.27. The summed E-state index contributed by atoms with van der Waals surface area (Å²) in [6, 6.07) is 0.220. The average Bonchev–Trinajstić information content (AvgIpc) is 1.87. The Labute approximate surface area is 68.1 Å². The van der Waals surface area contributed by atoms with E-state index in [-0.39, 0.29) is 18.6 Å². The zero-order chi connectivity index (χ0) is 8.85. The normalized spacial score (nSPS) is 13.2. The number of methoxy groups -OCH3 is 1. The fourth-order valence-electron chi connectivity index (χ4n) is 0.593. The van der Waals surface area contributed by atoms with E-state index in [1.807, 2.05) is 6.92 Å². The van der Waals surface area contributed by atoms with Crippen LogP contribution in [0.15, 0.2) is 0 Å². The first-order valence-electron chi connectivity index (χ1n) is 3.86. The molecule has 1 amide bonds. The minimum Gasteiger partial charge on any atom is -0.375 e. The van der Waals surface area contributed by atoms with Gasteiger partial charge in [0.25, 0.3) is 0 Å². The van der Waals surface area contributed by atoms with Gasteiger partial charge in [0.2, 0.25) is 5.91 Å². The average molecular weight is 159 g/mol. The molecule has 1 atom stereocenters. The molecule has 11 heavy (non-hydrogen) atoms. The number of rotatable bonds is 4. The van der Waals surface area contributed by atoms with E-state index in [0.29, 0.717) is 5.92 Å². The molecule has 0 saturated heterocycles. The van der Waals surface area contributed by atoms with Crippen LogP contribution in [0.1, 0.15) is 20.8 Å². The quantitative estimate of drug-likeness (QED) is 0.658. The molecule has 1 N–H and O–H groups in total. The van der Waals surface area contributed by atoms with Crippen LogP contribution < -0.4 is 5.32 Å². The van der Waals surface area contributed by atoms with Crippen LogP contribution in [0.4, 0.5) is 0 Å². The van der Waals surface area contributed by atoms with E-state index < -0.39 is 0 Å². The summed E-state index contributed by atoms with van der Waals surface area (Å²) in [5.41, 5.74) is 0. The minimum absolute atomic E-state index is 0.0475. The highest BCUT2D eigenvalue weighted by Crippen LogP contribution is 1.98. The Hall–Kier alpha value is -0.570. The van der Waals surface area contributed by atoms with Gasteiger partial charge in [-0.2, -0.15) is 0 Å². The van der Waals surface area contributed by atoms with Crippen molar-refractivity contribution in [3.63, 3.8) is 0 Å². The van der Waals surface area contributed by atoms with Gasteiger partial charge in [-0.05, 0) is 12.8 Å². The van der Waals surface area contributed by atoms with Crippen molar-refractivity contribution in [2.24, 2.45) is 5.92 Å². The highest BCUT2D eigenvalue weighted by atomic mass is 16.5. The molecule has 0 spiro atoms. The van der Waals surface area contributed by atoms with Gasteiger partial charge >= 0.3 is 0 Å². The lowest BCUT2D eigenvalue weighted by Crippen LogP contribution is -2.38. The minimum atomic E-state index is -0.0475. The molecule has 0 unspecified atom stereocenters. The topological polar surface area (TPSA) is 38.3 Å². The van der Waals surface area contributed by atoms with Gasteiger partial charge in [0.1, 0.15) is 6.61 Å². The zero-order valence-corrected chi connectivity index (χ0v) is 7.68. The highest BCUT2D eigenvalue weighted by Gasteiger charge is 2.09. The van der Waals surface area contributed by atoms with Gasteiger partial charge in [-0.1, -0.05) is 13.8 Å². The third-order valence-electron chi connectivity index (χ3n) is 1.66. The van der Waals surface area contributed by atoms with Crippen molar-refractivity contribution in [3.8, 4) is 0 Å². The van der Waals surface area contributed by atoms with Gasteiger partial charge in [-0.3, -0.25) is 4.79 Å². The Balaban J connectivity index is 3.57. The number of carbonyl (C=O) groups is 1. The van der Waals surface area contributed by atoms with Crippen LogP contribution in [0.5, 0.6) is 0 Å². The number of nitrogens with one attached hydrogen (secondary N) is 1. The standard InChI is InChI=1S/C8H17NO2/c1-6(2)7(3)9-8(10)5-11-4/h6-7H,5H2,1-4H3,(H,9,10)/t7-/m0/s1. The Morgan fingerprint density at radius 3 is 2.36 bits per heavy atom. The molecule has 0 fully saturated rings. The van der Waals surface area contributed by atoms with E-state index in [9.17, 15) is 4.79 Å². The van der Waals surface area contributed by atoms with Crippen LogP contribution in [-0.4, -0.2) is 25.7 Å². The molecule has 0 bridgehead atoms. The molecule has 3 heteroatoms. The first kappa shape index (κ1) is 10.4. The first-order chi connectivity index (χ1) is 5.07. The number of ether oxygens (including phenoxy) is 1. The van der Waals surface area contributed by atoms with E-state index in [1.54, 1.807) is 0 Å². The number of amides is 1. The van der Waals surface area contributed by atoms with Crippen LogP contribution in [0.2, 0.25) is 0 Å². The fourth-order valence-corrected chi connectivity index (χ4v) is 0.593. The molecular weight excluding hydrogens is 142 g/mol. The molecule has 0 aliphatic rings. The molecule has 0 saturated carbocycles. The van der Waals surface area contributed by atoms with Gasteiger partial charge in [0.05, 0.1) is 0 Å². The van der Waals surface area contributed by atoms with Crippen LogP contribution in [0.25, 0.3) is 0 Å². The molecule has 0 aromatic carbocycles. The second kappa shape index (κ2) is 5.13. The predicted octanol–water partition coefficient (Wildman–Crippen LogP) is 0.793. The van der Waals surface area contributed by atoms with Gasteiger partial charge in [0, 0.05) is 13.2 Å². The molecule has 0 aromatic heterocycles. The summed E-state index contributed by atoms with van der Waals surface area (Å²) < 4.78 is 4.67. The second-order valence-corrected chi connectivity index (χ2v) is 3.03. The third-order valence-corrected chi connectivity index (χ3v) is 1.66. The van der Waals surface area contributed by atoms with Gasteiger partial charge in [-0.15, -0.1) is 0 Å². The largest absolute Gasteiger partial charge is 0.375 e. The van der Waals surface area contributed by atoms with Gasteiger partial charge in [0.15, 0.2) is 0 Å². The van der Waals surface area contributed by atoms with Crippen molar-refractivity contribution in [2.75, 3.05) is 13.7 Å². The lowest BCUT2D eigenvalue weighted by atomic mass is 10.1. The second-order valence-electron chi connectivity index (χ2n) is 3.03. The summed E-state index contributed by atoms with van der Waals surface area (Å²) in [7, 11) is 1.51. The molecule has 0 aliphatic carbocycles. The van der Waals surface area contributed by atoms with Crippen molar-refractivity contribution < 1.29 is 9.53 Å². The summed E-state index contributed by atoms with van der Waals surface area (Å²) in [5, 5.41) is 2.82. The van der Waals surface area contributed by atoms with E-state index in [0.717, 1.165) is 0 Å². The molecule has 66 valence electrons. The molecule has 3 nitrogen and oxygen atoms in total. The maximum Gasteiger partial charge on any atom is 0.246 e. The monoisotopic (exact) mass is 159 g/mol. The summed E-state index contributed by atoms with van der Waals surface area (Å²) >= 11 is 0. The number of hydrogen-bond acceptors (Lipinski definition) is 2. The Morgan fingerprint density at radius 1 is 1.45 bits per heavy atom. The molecule has 0 aromatic rings. The van der Waals surface area contributed by atoms with Crippen molar-refractivity contribution in [2.45, 2.75) is 26.8 Å². The number of carbonyl (C=O) groups excluding carboxylic acids is 1.